The van der Waals surface area contributed by atoms with Gasteiger partial charge < -0.3 is 16.0 Å². The van der Waals surface area contributed by atoms with E-state index in [1.807, 2.05) is 4.90 Å². The number of nitrogens with zero attached hydrogens (tertiary/aromatic N) is 3. The third-order valence-corrected chi connectivity index (χ3v) is 4.09. The van der Waals surface area contributed by atoms with Crippen LogP contribution < -0.4 is 16.0 Å². The Labute approximate surface area is 137 Å². The van der Waals surface area contributed by atoms with Crippen molar-refractivity contribution < 1.29 is 13.6 Å². The van der Waals surface area contributed by atoms with Gasteiger partial charge >= 0.3 is 0 Å². The average molecular weight is 336 g/mol. The summed E-state index contributed by atoms with van der Waals surface area (Å²) >= 11 is 0. The first kappa shape index (κ1) is 16.2. The van der Waals surface area contributed by atoms with Crippen molar-refractivity contribution in [3.63, 3.8) is 0 Å². The van der Waals surface area contributed by atoms with Crippen LogP contribution >= 0.6 is 0 Å². The molecule has 1 aromatic carbocycles. The Balaban J connectivity index is 1.49. The molecule has 0 atom stereocenters. The van der Waals surface area contributed by atoms with Crippen LogP contribution in [-0.2, 0) is 11.3 Å². The van der Waals surface area contributed by atoms with E-state index in [0.29, 0.717) is 37.4 Å². The maximum absolute atomic E-state index is 13.1. The molecule has 1 fully saturated rings. The third kappa shape index (κ3) is 3.61. The van der Waals surface area contributed by atoms with Crippen molar-refractivity contribution in [3.05, 3.63) is 35.4 Å². The zero-order chi connectivity index (χ0) is 17.1. The van der Waals surface area contributed by atoms with Gasteiger partial charge in [0.1, 0.15) is 0 Å². The minimum Gasteiger partial charge on any atom is -0.368 e. The van der Waals surface area contributed by atoms with E-state index in [-0.39, 0.29) is 24.3 Å². The molecule has 1 aliphatic rings. The van der Waals surface area contributed by atoms with Gasteiger partial charge in [-0.05, 0) is 30.5 Å². The summed E-state index contributed by atoms with van der Waals surface area (Å²) in [5.41, 5.74) is 6.03. The van der Waals surface area contributed by atoms with Gasteiger partial charge in [-0.15, -0.1) is 5.10 Å². The topological polar surface area (TPSA) is 99.9 Å². The van der Waals surface area contributed by atoms with Gasteiger partial charge in [0.2, 0.25) is 17.8 Å². The lowest BCUT2D eigenvalue weighted by Crippen LogP contribution is -2.40. The quantitative estimate of drug-likeness (QED) is 0.779. The first-order valence-electron chi connectivity index (χ1n) is 7.67. The Morgan fingerprint density at radius 1 is 1.33 bits per heavy atom. The fourth-order valence-electron chi connectivity index (χ4n) is 2.73. The van der Waals surface area contributed by atoms with Gasteiger partial charge in [0.25, 0.3) is 0 Å². The van der Waals surface area contributed by atoms with Crippen molar-refractivity contribution >= 4 is 17.8 Å². The molecule has 9 heteroatoms. The van der Waals surface area contributed by atoms with Crippen LogP contribution in [0, 0.1) is 17.6 Å². The van der Waals surface area contributed by atoms with E-state index in [0.717, 1.165) is 12.1 Å². The predicted molar refractivity (Wildman–Crippen MR) is 83.9 cm³/mol. The number of anilines is 2. The van der Waals surface area contributed by atoms with Crippen molar-refractivity contribution in [3.8, 4) is 0 Å². The SMILES string of the molecule is Nc1nc(N2CCC(C(=O)NCc3ccc(F)c(F)c3)CC2)n[nH]1. The Morgan fingerprint density at radius 2 is 2.08 bits per heavy atom. The molecular weight excluding hydrogens is 318 g/mol. The van der Waals surface area contributed by atoms with Crippen LogP contribution in [-0.4, -0.2) is 34.2 Å². The van der Waals surface area contributed by atoms with Gasteiger partial charge in [0.15, 0.2) is 11.6 Å². The largest absolute Gasteiger partial charge is 0.368 e. The van der Waals surface area contributed by atoms with Crippen LogP contribution in [0.5, 0.6) is 0 Å². The van der Waals surface area contributed by atoms with Gasteiger partial charge in [-0.3, -0.25) is 4.79 Å². The second-order valence-corrected chi connectivity index (χ2v) is 5.75. The molecule has 3 rings (SSSR count). The van der Waals surface area contributed by atoms with Gasteiger partial charge in [0.05, 0.1) is 0 Å². The Bertz CT molecular complexity index is 727. The summed E-state index contributed by atoms with van der Waals surface area (Å²) in [4.78, 5) is 18.2. The number of carbonyl (C=O) groups is 1. The molecule has 0 spiro atoms. The van der Waals surface area contributed by atoms with Crippen LogP contribution in [0.4, 0.5) is 20.7 Å². The molecule has 2 aromatic rings. The van der Waals surface area contributed by atoms with E-state index in [9.17, 15) is 13.6 Å². The number of hydrogen-bond donors (Lipinski definition) is 3. The minimum absolute atomic E-state index is 0.0890. The Hall–Kier alpha value is -2.71. The number of nitrogens with two attached hydrogens (primary N) is 1. The number of carbonyl (C=O) groups excluding carboxylic acids is 1. The van der Waals surface area contributed by atoms with E-state index in [1.54, 1.807) is 0 Å². The van der Waals surface area contributed by atoms with E-state index >= 15 is 0 Å². The average Bonchev–Trinajstić information content (AvgIpc) is 3.02. The highest BCUT2D eigenvalue weighted by molar-refractivity contribution is 5.78. The number of aromatic amines is 1. The number of hydrogen-bond acceptors (Lipinski definition) is 5. The molecule has 0 aliphatic carbocycles. The second kappa shape index (κ2) is 6.81. The number of aromatic nitrogens is 3. The van der Waals surface area contributed by atoms with Crippen molar-refractivity contribution in [1.29, 1.82) is 0 Å². The van der Waals surface area contributed by atoms with Gasteiger partial charge in [-0.1, -0.05) is 6.07 Å². The summed E-state index contributed by atoms with van der Waals surface area (Å²) in [6, 6.07) is 3.60. The molecule has 0 radical (unpaired) electrons. The standard InChI is InChI=1S/C15H18F2N6O/c16-11-2-1-9(7-12(11)17)8-19-13(24)10-3-5-23(6-4-10)15-20-14(18)21-22-15/h1-2,7,10H,3-6,8H2,(H,19,24)(H3,18,20,21,22). The number of nitrogens with one attached hydrogen (secondary N) is 2. The lowest BCUT2D eigenvalue weighted by molar-refractivity contribution is -0.125. The highest BCUT2D eigenvalue weighted by Gasteiger charge is 2.26. The monoisotopic (exact) mass is 336 g/mol. The van der Waals surface area contributed by atoms with Crippen molar-refractivity contribution in [2.75, 3.05) is 23.7 Å². The molecule has 128 valence electrons. The molecule has 1 aliphatic heterocycles. The lowest BCUT2D eigenvalue weighted by atomic mass is 9.96. The predicted octanol–water partition coefficient (Wildman–Crippen LogP) is 1.20. The molecule has 7 nitrogen and oxygen atoms in total. The normalized spacial score (nSPS) is 15.5. The maximum atomic E-state index is 13.1. The third-order valence-electron chi connectivity index (χ3n) is 4.09. The number of benzene rings is 1. The summed E-state index contributed by atoms with van der Waals surface area (Å²) in [5, 5.41) is 9.35. The van der Waals surface area contributed by atoms with Gasteiger partial charge in [0, 0.05) is 25.6 Å². The van der Waals surface area contributed by atoms with Crippen LogP contribution in [0.15, 0.2) is 18.2 Å². The van der Waals surface area contributed by atoms with Crippen LogP contribution in [0.25, 0.3) is 0 Å². The lowest BCUT2D eigenvalue weighted by Gasteiger charge is -2.30. The molecule has 0 unspecified atom stereocenters. The molecular formula is C15H18F2N6O. The summed E-state index contributed by atoms with van der Waals surface area (Å²) in [6.45, 7) is 1.48. The second-order valence-electron chi connectivity index (χ2n) is 5.75. The highest BCUT2D eigenvalue weighted by Crippen LogP contribution is 2.21. The van der Waals surface area contributed by atoms with Crippen molar-refractivity contribution in [2.45, 2.75) is 19.4 Å². The Kier molecular flexibility index (Phi) is 4.59. The zero-order valence-corrected chi connectivity index (χ0v) is 12.9. The number of amides is 1. The number of H-pyrrole nitrogens is 1. The van der Waals surface area contributed by atoms with Crippen LogP contribution in [0.1, 0.15) is 18.4 Å². The van der Waals surface area contributed by atoms with E-state index in [1.165, 1.54) is 6.07 Å². The molecule has 1 saturated heterocycles. The summed E-state index contributed by atoms with van der Waals surface area (Å²) in [5.74, 6) is -1.23. The number of nitrogen functional groups attached to an aromatic ring is 1. The maximum Gasteiger partial charge on any atom is 0.246 e. The molecule has 0 bridgehead atoms. The molecule has 0 saturated carbocycles. The summed E-state index contributed by atoms with van der Waals surface area (Å²) < 4.78 is 26.0. The first-order chi connectivity index (χ1) is 11.5. The van der Waals surface area contributed by atoms with Gasteiger partial charge in [-0.2, -0.15) is 4.98 Å². The van der Waals surface area contributed by atoms with E-state index < -0.39 is 11.6 Å². The Morgan fingerprint density at radius 3 is 2.71 bits per heavy atom. The van der Waals surface area contributed by atoms with E-state index in [4.69, 9.17) is 5.73 Å². The first-order valence-corrected chi connectivity index (χ1v) is 7.67. The zero-order valence-electron chi connectivity index (χ0n) is 12.9. The van der Waals surface area contributed by atoms with Crippen molar-refractivity contribution in [2.24, 2.45) is 5.92 Å². The smallest absolute Gasteiger partial charge is 0.246 e. The molecule has 24 heavy (non-hydrogen) atoms. The summed E-state index contributed by atoms with van der Waals surface area (Å²) in [7, 11) is 0. The molecule has 1 aromatic heterocycles. The molecule has 2 heterocycles. The van der Waals surface area contributed by atoms with E-state index in [2.05, 4.69) is 20.5 Å². The van der Waals surface area contributed by atoms with Crippen molar-refractivity contribution in [1.82, 2.24) is 20.5 Å². The highest BCUT2D eigenvalue weighted by atomic mass is 19.2. The van der Waals surface area contributed by atoms with Crippen LogP contribution in [0.3, 0.4) is 0 Å². The number of halogens is 2. The molecule has 4 N–H and O–H groups in total. The van der Waals surface area contributed by atoms with Gasteiger partial charge in [-0.25, -0.2) is 13.9 Å². The molecule has 1 amide bonds. The minimum atomic E-state index is -0.916. The number of piperidine rings is 1. The number of rotatable bonds is 4. The fourth-order valence-corrected chi connectivity index (χ4v) is 2.73. The summed E-state index contributed by atoms with van der Waals surface area (Å²) in [6.07, 6.45) is 1.33. The fraction of sp³-hybridized carbons (Fsp3) is 0.400. The van der Waals surface area contributed by atoms with Crippen LogP contribution in [0.2, 0.25) is 0 Å².